The number of piperidine rings is 1. The van der Waals surface area contributed by atoms with Crippen molar-refractivity contribution >= 4 is 0 Å². The molecule has 1 N–H and O–H groups in total. The number of hydrogen-bond donors (Lipinski definition) is 1. The van der Waals surface area contributed by atoms with Crippen molar-refractivity contribution in [3.8, 4) is 0 Å². The van der Waals surface area contributed by atoms with Crippen LogP contribution in [0.4, 0.5) is 0 Å². The molecule has 0 aromatic rings. The van der Waals surface area contributed by atoms with Crippen molar-refractivity contribution in [1.29, 1.82) is 0 Å². The standard InChI is InChI=1S/C13H26N2/c1-11(2)7-9-15-8-3-4-13(10-15)14-12-5-6-12/h11-14H,3-10H2,1-2H3. The highest BCUT2D eigenvalue weighted by molar-refractivity contribution is 4.88. The maximum atomic E-state index is 3.77. The van der Waals surface area contributed by atoms with Gasteiger partial charge in [-0.2, -0.15) is 0 Å². The minimum absolute atomic E-state index is 0.790. The van der Waals surface area contributed by atoms with E-state index in [0.717, 1.165) is 18.0 Å². The zero-order valence-electron chi connectivity index (χ0n) is 10.3. The molecule has 2 rings (SSSR count). The number of nitrogens with one attached hydrogen (secondary N) is 1. The van der Waals surface area contributed by atoms with Crippen LogP contribution in [0.1, 0.15) is 46.0 Å². The molecule has 0 aromatic carbocycles. The Labute approximate surface area is 94.4 Å². The highest BCUT2D eigenvalue weighted by Gasteiger charge is 2.27. The van der Waals surface area contributed by atoms with Crippen LogP contribution in [0.3, 0.4) is 0 Å². The molecular formula is C13H26N2. The van der Waals surface area contributed by atoms with Gasteiger partial charge < -0.3 is 10.2 Å². The fourth-order valence-corrected chi connectivity index (χ4v) is 2.42. The highest BCUT2D eigenvalue weighted by Crippen LogP contribution is 2.22. The van der Waals surface area contributed by atoms with Crippen LogP contribution < -0.4 is 5.32 Å². The fraction of sp³-hybridized carbons (Fsp3) is 1.00. The van der Waals surface area contributed by atoms with E-state index in [1.807, 2.05) is 0 Å². The largest absolute Gasteiger partial charge is 0.310 e. The summed E-state index contributed by atoms with van der Waals surface area (Å²) in [5.74, 6) is 0.849. The van der Waals surface area contributed by atoms with Crippen LogP contribution in [-0.4, -0.2) is 36.6 Å². The lowest BCUT2D eigenvalue weighted by molar-refractivity contribution is 0.181. The van der Waals surface area contributed by atoms with Crippen molar-refractivity contribution in [1.82, 2.24) is 10.2 Å². The molecule has 1 saturated carbocycles. The van der Waals surface area contributed by atoms with Gasteiger partial charge in [0.05, 0.1) is 0 Å². The molecule has 2 heteroatoms. The molecule has 1 unspecified atom stereocenters. The third kappa shape index (κ3) is 4.12. The first-order valence-electron chi connectivity index (χ1n) is 6.72. The van der Waals surface area contributed by atoms with E-state index >= 15 is 0 Å². The Balaban J connectivity index is 1.66. The van der Waals surface area contributed by atoms with Gasteiger partial charge in [-0.05, 0) is 51.1 Å². The van der Waals surface area contributed by atoms with Crippen LogP contribution in [0.15, 0.2) is 0 Å². The molecule has 0 amide bonds. The summed E-state index contributed by atoms with van der Waals surface area (Å²) in [5.41, 5.74) is 0. The molecule has 1 atom stereocenters. The average molecular weight is 210 g/mol. The Bertz CT molecular complexity index is 187. The van der Waals surface area contributed by atoms with Crippen LogP contribution in [-0.2, 0) is 0 Å². The van der Waals surface area contributed by atoms with E-state index in [0.29, 0.717) is 0 Å². The van der Waals surface area contributed by atoms with Crippen molar-refractivity contribution in [2.24, 2.45) is 5.92 Å². The lowest BCUT2D eigenvalue weighted by atomic mass is 10.0. The molecule has 2 aliphatic rings. The average Bonchev–Trinajstić information content (AvgIpc) is 2.99. The first kappa shape index (κ1) is 11.4. The van der Waals surface area contributed by atoms with Gasteiger partial charge >= 0.3 is 0 Å². The molecule has 2 nitrogen and oxygen atoms in total. The second kappa shape index (κ2) is 5.31. The topological polar surface area (TPSA) is 15.3 Å². The number of hydrogen-bond acceptors (Lipinski definition) is 2. The van der Waals surface area contributed by atoms with Crippen molar-refractivity contribution in [2.45, 2.75) is 58.0 Å². The van der Waals surface area contributed by atoms with Gasteiger partial charge in [0.15, 0.2) is 0 Å². The number of rotatable bonds is 5. The van der Waals surface area contributed by atoms with E-state index in [2.05, 4.69) is 24.1 Å². The molecular weight excluding hydrogens is 184 g/mol. The Hall–Kier alpha value is -0.0800. The fourth-order valence-electron chi connectivity index (χ4n) is 2.42. The molecule has 0 spiro atoms. The second-order valence-corrected chi connectivity index (χ2v) is 5.76. The van der Waals surface area contributed by atoms with Crippen molar-refractivity contribution in [2.75, 3.05) is 19.6 Å². The Kier molecular flexibility index (Phi) is 4.04. The summed E-state index contributed by atoms with van der Waals surface area (Å²) >= 11 is 0. The summed E-state index contributed by atoms with van der Waals surface area (Å²) < 4.78 is 0. The monoisotopic (exact) mass is 210 g/mol. The second-order valence-electron chi connectivity index (χ2n) is 5.76. The lowest BCUT2D eigenvalue weighted by Gasteiger charge is -2.33. The molecule has 1 heterocycles. The third-order valence-corrected chi connectivity index (χ3v) is 3.58. The van der Waals surface area contributed by atoms with E-state index in [1.165, 1.54) is 51.7 Å². The maximum absolute atomic E-state index is 3.77. The first-order chi connectivity index (χ1) is 7.24. The van der Waals surface area contributed by atoms with Crippen LogP contribution >= 0.6 is 0 Å². The van der Waals surface area contributed by atoms with Crippen LogP contribution in [0.25, 0.3) is 0 Å². The van der Waals surface area contributed by atoms with Gasteiger partial charge in [-0.25, -0.2) is 0 Å². The van der Waals surface area contributed by atoms with E-state index in [-0.39, 0.29) is 0 Å². The van der Waals surface area contributed by atoms with E-state index in [9.17, 15) is 0 Å². The summed E-state index contributed by atoms with van der Waals surface area (Å²) in [6.07, 6.45) is 6.98. The Morgan fingerprint density at radius 2 is 2.00 bits per heavy atom. The van der Waals surface area contributed by atoms with Gasteiger partial charge in [0.25, 0.3) is 0 Å². The van der Waals surface area contributed by atoms with Gasteiger partial charge in [0.1, 0.15) is 0 Å². The summed E-state index contributed by atoms with van der Waals surface area (Å²) in [4.78, 5) is 2.66. The highest BCUT2D eigenvalue weighted by atomic mass is 15.2. The molecule has 15 heavy (non-hydrogen) atoms. The number of likely N-dealkylation sites (tertiary alicyclic amines) is 1. The summed E-state index contributed by atoms with van der Waals surface area (Å²) in [6.45, 7) is 8.58. The predicted molar refractivity (Wildman–Crippen MR) is 65.1 cm³/mol. The van der Waals surface area contributed by atoms with E-state index in [4.69, 9.17) is 0 Å². The van der Waals surface area contributed by atoms with Crippen molar-refractivity contribution < 1.29 is 0 Å². The molecule has 1 aliphatic heterocycles. The quantitative estimate of drug-likeness (QED) is 0.749. The molecule has 88 valence electrons. The maximum Gasteiger partial charge on any atom is 0.0198 e. The van der Waals surface area contributed by atoms with Crippen molar-refractivity contribution in [3.05, 3.63) is 0 Å². The minimum Gasteiger partial charge on any atom is -0.310 e. The Morgan fingerprint density at radius 3 is 2.67 bits per heavy atom. The van der Waals surface area contributed by atoms with E-state index < -0.39 is 0 Å². The zero-order valence-corrected chi connectivity index (χ0v) is 10.3. The molecule has 2 fully saturated rings. The summed E-state index contributed by atoms with van der Waals surface area (Å²) in [5, 5.41) is 3.77. The minimum atomic E-state index is 0.790. The van der Waals surface area contributed by atoms with Gasteiger partial charge in [-0.1, -0.05) is 13.8 Å². The third-order valence-electron chi connectivity index (χ3n) is 3.58. The molecule has 0 bridgehead atoms. The summed E-state index contributed by atoms with van der Waals surface area (Å²) in [7, 11) is 0. The zero-order chi connectivity index (χ0) is 10.7. The van der Waals surface area contributed by atoms with Crippen molar-refractivity contribution in [3.63, 3.8) is 0 Å². The lowest BCUT2D eigenvalue weighted by Crippen LogP contribution is -2.46. The van der Waals surface area contributed by atoms with E-state index in [1.54, 1.807) is 0 Å². The predicted octanol–water partition coefficient (Wildman–Crippen LogP) is 2.25. The molecule has 0 aromatic heterocycles. The van der Waals surface area contributed by atoms with Crippen LogP contribution in [0.5, 0.6) is 0 Å². The SMILES string of the molecule is CC(C)CCN1CCCC(NC2CC2)C1. The Morgan fingerprint density at radius 1 is 1.20 bits per heavy atom. The normalized spacial score (nSPS) is 28.6. The number of nitrogens with zero attached hydrogens (tertiary/aromatic N) is 1. The first-order valence-corrected chi connectivity index (χ1v) is 6.72. The molecule has 1 aliphatic carbocycles. The van der Waals surface area contributed by atoms with Gasteiger partial charge in [-0.15, -0.1) is 0 Å². The van der Waals surface area contributed by atoms with Crippen LogP contribution in [0, 0.1) is 5.92 Å². The smallest absolute Gasteiger partial charge is 0.0198 e. The van der Waals surface area contributed by atoms with Gasteiger partial charge in [0, 0.05) is 18.6 Å². The molecule has 1 saturated heterocycles. The van der Waals surface area contributed by atoms with Gasteiger partial charge in [0.2, 0.25) is 0 Å². The van der Waals surface area contributed by atoms with Gasteiger partial charge in [-0.3, -0.25) is 0 Å². The molecule has 0 radical (unpaired) electrons. The van der Waals surface area contributed by atoms with Crippen LogP contribution in [0.2, 0.25) is 0 Å². The summed E-state index contributed by atoms with van der Waals surface area (Å²) in [6, 6.07) is 1.67.